The van der Waals surface area contributed by atoms with E-state index >= 15 is 0 Å². The molecule has 1 fully saturated rings. The van der Waals surface area contributed by atoms with E-state index in [1.165, 1.54) is 24.3 Å². The number of carbonyl (C=O) groups excluding carboxylic acids is 1. The summed E-state index contributed by atoms with van der Waals surface area (Å²) in [7, 11) is 0. The minimum absolute atomic E-state index is 0.0521. The van der Waals surface area contributed by atoms with Crippen LogP contribution in [0.3, 0.4) is 0 Å². The summed E-state index contributed by atoms with van der Waals surface area (Å²) >= 11 is 0. The SMILES string of the molecule is CC1CCCN(C(=O)COc2ccc(F)cc2)C1CC(=O)O. The van der Waals surface area contributed by atoms with Crippen LogP contribution in [0.15, 0.2) is 24.3 Å². The normalized spacial score (nSPS) is 21.5. The average Bonchev–Trinajstić information content (AvgIpc) is 2.48. The quantitative estimate of drug-likeness (QED) is 0.906. The minimum atomic E-state index is -0.906. The van der Waals surface area contributed by atoms with E-state index in [1.807, 2.05) is 6.92 Å². The number of carboxylic acids is 1. The molecule has 1 N–H and O–H groups in total. The number of carbonyl (C=O) groups is 2. The van der Waals surface area contributed by atoms with E-state index in [2.05, 4.69) is 0 Å². The summed E-state index contributed by atoms with van der Waals surface area (Å²) in [4.78, 5) is 24.9. The van der Waals surface area contributed by atoms with Crippen LogP contribution in [-0.2, 0) is 9.59 Å². The van der Waals surface area contributed by atoms with Gasteiger partial charge < -0.3 is 14.7 Å². The molecule has 2 rings (SSSR count). The number of nitrogens with zero attached hydrogens (tertiary/aromatic N) is 1. The summed E-state index contributed by atoms with van der Waals surface area (Å²) in [5.41, 5.74) is 0. The van der Waals surface area contributed by atoms with Crippen LogP contribution in [-0.4, -0.2) is 41.1 Å². The molecule has 1 aliphatic rings. The Kier molecular flexibility index (Phi) is 5.35. The Bertz CT molecular complexity index is 531. The van der Waals surface area contributed by atoms with E-state index in [4.69, 9.17) is 9.84 Å². The highest BCUT2D eigenvalue weighted by atomic mass is 19.1. The predicted molar refractivity (Wildman–Crippen MR) is 78.0 cm³/mol. The molecule has 1 aromatic carbocycles. The van der Waals surface area contributed by atoms with Crippen molar-refractivity contribution in [3.63, 3.8) is 0 Å². The Balaban J connectivity index is 1.96. The summed E-state index contributed by atoms with van der Waals surface area (Å²) in [6.07, 6.45) is 1.73. The maximum Gasteiger partial charge on any atom is 0.305 e. The van der Waals surface area contributed by atoms with Gasteiger partial charge >= 0.3 is 5.97 Å². The summed E-state index contributed by atoms with van der Waals surface area (Å²) in [5.74, 6) is -0.947. The van der Waals surface area contributed by atoms with Crippen molar-refractivity contribution in [1.29, 1.82) is 0 Å². The zero-order chi connectivity index (χ0) is 16.1. The van der Waals surface area contributed by atoms with E-state index < -0.39 is 5.97 Å². The van der Waals surface area contributed by atoms with Crippen LogP contribution in [0, 0.1) is 11.7 Å². The van der Waals surface area contributed by atoms with Gasteiger partial charge in [-0.2, -0.15) is 0 Å². The third-order valence-electron chi connectivity index (χ3n) is 4.00. The van der Waals surface area contributed by atoms with Crippen LogP contribution in [0.4, 0.5) is 4.39 Å². The third kappa shape index (κ3) is 4.19. The van der Waals surface area contributed by atoms with Gasteiger partial charge in [0.15, 0.2) is 6.61 Å². The number of aliphatic carboxylic acids is 1. The standard InChI is InChI=1S/C16H20FNO4/c1-11-3-2-8-18(14(11)9-16(20)21)15(19)10-22-13-6-4-12(17)5-7-13/h4-7,11,14H,2-3,8-10H2,1H3,(H,20,21). The van der Waals surface area contributed by atoms with Gasteiger partial charge in [0, 0.05) is 12.6 Å². The molecule has 0 bridgehead atoms. The molecule has 0 aliphatic carbocycles. The van der Waals surface area contributed by atoms with Crippen molar-refractivity contribution in [2.45, 2.75) is 32.2 Å². The van der Waals surface area contributed by atoms with Crippen LogP contribution in [0.5, 0.6) is 5.75 Å². The molecule has 0 aromatic heterocycles. The molecule has 6 heteroatoms. The number of benzene rings is 1. The third-order valence-corrected chi connectivity index (χ3v) is 4.00. The van der Waals surface area contributed by atoms with Gasteiger partial charge in [-0.1, -0.05) is 6.92 Å². The fraction of sp³-hybridized carbons (Fsp3) is 0.500. The molecule has 1 aliphatic heterocycles. The fourth-order valence-electron chi connectivity index (χ4n) is 2.81. The Hall–Kier alpha value is -2.11. The Morgan fingerprint density at radius 1 is 1.36 bits per heavy atom. The largest absolute Gasteiger partial charge is 0.484 e. The summed E-state index contributed by atoms with van der Waals surface area (Å²) in [6, 6.07) is 5.13. The van der Waals surface area contributed by atoms with Crippen molar-refractivity contribution < 1.29 is 23.8 Å². The molecule has 22 heavy (non-hydrogen) atoms. The number of likely N-dealkylation sites (tertiary alicyclic amines) is 1. The number of hydrogen-bond acceptors (Lipinski definition) is 3. The maximum atomic E-state index is 12.8. The predicted octanol–water partition coefficient (Wildman–Crippen LogP) is 2.31. The Morgan fingerprint density at radius 2 is 2.05 bits per heavy atom. The monoisotopic (exact) mass is 309 g/mol. The second kappa shape index (κ2) is 7.24. The average molecular weight is 309 g/mol. The van der Waals surface area contributed by atoms with Crippen molar-refractivity contribution in [3.8, 4) is 5.75 Å². The van der Waals surface area contributed by atoms with Crippen LogP contribution >= 0.6 is 0 Å². The second-order valence-electron chi connectivity index (χ2n) is 5.61. The first-order valence-corrected chi connectivity index (χ1v) is 7.37. The lowest BCUT2D eigenvalue weighted by Gasteiger charge is -2.39. The van der Waals surface area contributed by atoms with Crippen LogP contribution in [0.1, 0.15) is 26.2 Å². The molecular formula is C16H20FNO4. The molecule has 2 unspecified atom stereocenters. The Morgan fingerprint density at radius 3 is 2.68 bits per heavy atom. The Labute approximate surface area is 128 Å². The molecule has 0 saturated carbocycles. The summed E-state index contributed by atoms with van der Waals surface area (Å²) in [6.45, 7) is 2.34. The number of ether oxygens (including phenoxy) is 1. The van der Waals surface area contributed by atoms with Gasteiger partial charge in [-0.05, 0) is 43.0 Å². The molecule has 1 heterocycles. The number of hydrogen-bond donors (Lipinski definition) is 1. The topological polar surface area (TPSA) is 66.8 Å². The first-order chi connectivity index (χ1) is 10.5. The molecule has 1 aromatic rings. The lowest BCUT2D eigenvalue weighted by atomic mass is 9.88. The van der Waals surface area contributed by atoms with Crippen molar-refractivity contribution in [1.82, 2.24) is 4.90 Å². The van der Waals surface area contributed by atoms with Crippen molar-refractivity contribution >= 4 is 11.9 Å². The van der Waals surface area contributed by atoms with Crippen molar-refractivity contribution in [3.05, 3.63) is 30.1 Å². The van der Waals surface area contributed by atoms with Gasteiger partial charge in [-0.15, -0.1) is 0 Å². The zero-order valence-electron chi connectivity index (χ0n) is 12.5. The molecule has 1 saturated heterocycles. The molecule has 0 radical (unpaired) electrons. The second-order valence-corrected chi connectivity index (χ2v) is 5.61. The molecule has 5 nitrogen and oxygen atoms in total. The van der Waals surface area contributed by atoms with Gasteiger partial charge in [0.05, 0.1) is 6.42 Å². The number of piperidine rings is 1. The summed E-state index contributed by atoms with van der Waals surface area (Å²) in [5, 5.41) is 9.01. The molecule has 0 spiro atoms. The number of halogens is 1. The molecule has 2 atom stereocenters. The fourth-order valence-corrected chi connectivity index (χ4v) is 2.81. The van der Waals surface area contributed by atoms with Crippen LogP contribution in [0.2, 0.25) is 0 Å². The van der Waals surface area contributed by atoms with Gasteiger partial charge in [0.2, 0.25) is 0 Å². The lowest BCUT2D eigenvalue weighted by molar-refractivity contribution is -0.144. The highest BCUT2D eigenvalue weighted by Crippen LogP contribution is 2.26. The van der Waals surface area contributed by atoms with Gasteiger partial charge in [0.25, 0.3) is 5.91 Å². The van der Waals surface area contributed by atoms with E-state index in [9.17, 15) is 14.0 Å². The number of amides is 1. The van der Waals surface area contributed by atoms with Gasteiger partial charge in [-0.25, -0.2) is 4.39 Å². The van der Waals surface area contributed by atoms with Gasteiger partial charge in [-0.3, -0.25) is 9.59 Å². The number of carboxylic acid groups (broad SMARTS) is 1. The first-order valence-electron chi connectivity index (χ1n) is 7.37. The van der Waals surface area contributed by atoms with E-state index in [0.717, 1.165) is 12.8 Å². The van der Waals surface area contributed by atoms with Crippen LogP contribution in [0.25, 0.3) is 0 Å². The minimum Gasteiger partial charge on any atom is -0.484 e. The highest BCUT2D eigenvalue weighted by molar-refractivity contribution is 5.79. The summed E-state index contributed by atoms with van der Waals surface area (Å²) < 4.78 is 18.2. The first kappa shape index (κ1) is 16.3. The van der Waals surface area contributed by atoms with Crippen LogP contribution < -0.4 is 4.74 Å². The zero-order valence-corrected chi connectivity index (χ0v) is 12.5. The highest BCUT2D eigenvalue weighted by Gasteiger charge is 2.33. The van der Waals surface area contributed by atoms with Gasteiger partial charge in [0.1, 0.15) is 11.6 Å². The van der Waals surface area contributed by atoms with E-state index in [1.54, 1.807) is 4.90 Å². The molecule has 1 amide bonds. The number of rotatable bonds is 5. The van der Waals surface area contributed by atoms with E-state index in [-0.39, 0.29) is 36.7 Å². The lowest BCUT2D eigenvalue weighted by Crippen LogP contribution is -2.50. The molecular weight excluding hydrogens is 289 g/mol. The van der Waals surface area contributed by atoms with Crippen molar-refractivity contribution in [2.75, 3.05) is 13.2 Å². The maximum absolute atomic E-state index is 12.8. The van der Waals surface area contributed by atoms with Crippen molar-refractivity contribution in [2.24, 2.45) is 5.92 Å². The molecule has 120 valence electrons. The van der Waals surface area contributed by atoms with E-state index in [0.29, 0.717) is 12.3 Å². The smallest absolute Gasteiger partial charge is 0.305 e.